The van der Waals surface area contributed by atoms with Crippen LogP contribution in [0.2, 0.25) is 0 Å². The SMILES string of the molecule is COCCn1nnnc1C(Cl)(Cl)Cl. The molecule has 74 valence electrons. The van der Waals surface area contributed by atoms with E-state index in [1.807, 2.05) is 0 Å². The topological polar surface area (TPSA) is 52.8 Å². The van der Waals surface area contributed by atoms with E-state index < -0.39 is 3.79 Å². The minimum atomic E-state index is -1.60. The highest BCUT2D eigenvalue weighted by Gasteiger charge is 2.30. The maximum absolute atomic E-state index is 5.61. The molecule has 1 heterocycles. The summed E-state index contributed by atoms with van der Waals surface area (Å²) < 4.78 is 4.62. The fourth-order valence-corrected chi connectivity index (χ4v) is 1.14. The van der Waals surface area contributed by atoms with E-state index >= 15 is 0 Å². The molecule has 13 heavy (non-hydrogen) atoms. The lowest BCUT2D eigenvalue weighted by molar-refractivity contribution is 0.182. The molecule has 1 aromatic heterocycles. The van der Waals surface area contributed by atoms with Gasteiger partial charge in [0.2, 0.25) is 5.82 Å². The Balaban J connectivity index is 2.77. The summed E-state index contributed by atoms with van der Waals surface area (Å²) in [4.78, 5) is 0. The van der Waals surface area contributed by atoms with Crippen LogP contribution in [-0.4, -0.2) is 33.9 Å². The molecule has 0 N–H and O–H groups in total. The second-order valence-electron chi connectivity index (χ2n) is 2.22. The molecule has 0 spiro atoms. The number of hydrogen-bond acceptors (Lipinski definition) is 4. The predicted octanol–water partition coefficient (Wildman–Crippen LogP) is 1.15. The van der Waals surface area contributed by atoms with Crippen LogP contribution >= 0.6 is 34.8 Å². The average Bonchev–Trinajstić information content (AvgIpc) is 2.47. The van der Waals surface area contributed by atoms with E-state index in [0.717, 1.165) is 0 Å². The Hall–Kier alpha value is -0.100. The van der Waals surface area contributed by atoms with E-state index in [1.165, 1.54) is 4.68 Å². The van der Waals surface area contributed by atoms with Gasteiger partial charge in [0.15, 0.2) is 0 Å². The molecule has 8 heteroatoms. The van der Waals surface area contributed by atoms with Crippen molar-refractivity contribution in [1.82, 2.24) is 20.2 Å². The van der Waals surface area contributed by atoms with Crippen molar-refractivity contribution in [2.75, 3.05) is 13.7 Å². The third-order valence-electron chi connectivity index (χ3n) is 1.29. The third kappa shape index (κ3) is 2.95. The summed E-state index contributed by atoms with van der Waals surface area (Å²) in [5, 5.41) is 10.6. The van der Waals surface area contributed by atoms with Crippen molar-refractivity contribution in [3.05, 3.63) is 5.82 Å². The van der Waals surface area contributed by atoms with Gasteiger partial charge in [-0.3, -0.25) is 0 Å². The summed E-state index contributed by atoms with van der Waals surface area (Å²) in [6.45, 7) is 0.908. The van der Waals surface area contributed by atoms with Gasteiger partial charge >= 0.3 is 0 Å². The Morgan fingerprint density at radius 3 is 2.69 bits per heavy atom. The zero-order valence-electron chi connectivity index (χ0n) is 6.75. The second kappa shape index (κ2) is 4.41. The van der Waals surface area contributed by atoms with Gasteiger partial charge in [-0.2, -0.15) is 0 Å². The molecule has 0 saturated carbocycles. The van der Waals surface area contributed by atoms with Crippen LogP contribution in [-0.2, 0) is 15.1 Å². The number of methoxy groups -OCH3 is 1. The van der Waals surface area contributed by atoms with Crippen molar-refractivity contribution >= 4 is 34.8 Å². The summed E-state index contributed by atoms with van der Waals surface area (Å²) >= 11 is 16.8. The Bertz CT molecular complexity index is 271. The second-order valence-corrected chi connectivity index (χ2v) is 4.50. The summed E-state index contributed by atoms with van der Waals surface area (Å²) in [6.07, 6.45) is 0. The maximum atomic E-state index is 5.61. The number of halogens is 3. The Labute approximate surface area is 89.9 Å². The highest BCUT2D eigenvalue weighted by molar-refractivity contribution is 6.66. The van der Waals surface area contributed by atoms with Crippen LogP contribution in [0.3, 0.4) is 0 Å². The van der Waals surface area contributed by atoms with Crippen LogP contribution in [0, 0.1) is 0 Å². The van der Waals surface area contributed by atoms with Crippen molar-refractivity contribution in [3.63, 3.8) is 0 Å². The molecule has 0 atom stereocenters. The molecule has 0 aliphatic carbocycles. The average molecular weight is 245 g/mol. The number of rotatable bonds is 3. The molecule has 0 fully saturated rings. The van der Waals surface area contributed by atoms with Gasteiger partial charge in [-0.15, -0.1) is 5.10 Å². The van der Waals surface area contributed by atoms with Crippen LogP contribution in [0.5, 0.6) is 0 Å². The molecule has 1 aromatic rings. The van der Waals surface area contributed by atoms with Gasteiger partial charge in [0, 0.05) is 7.11 Å². The molecule has 0 aliphatic heterocycles. The fourth-order valence-electron chi connectivity index (χ4n) is 0.736. The first kappa shape index (κ1) is 11.0. The van der Waals surface area contributed by atoms with Crippen LogP contribution in [0.1, 0.15) is 5.82 Å². The molecular weight excluding hydrogens is 238 g/mol. The van der Waals surface area contributed by atoms with Crippen molar-refractivity contribution in [3.8, 4) is 0 Å². The Morgan fingerprint density at radius 1 is 1.46 bits per heavy atom. The number of hydrogen-bond donors (Lipinski definition) is 0. The van der Waals surface area contributed by atoms with Crippen LogP contribution in [0.25, 0.3) is 0 Å². The summed E-state index contributed by atoms with van der Waals surface area (Å²) in [6, 6.07) is 0. The fraction of sp³-hybridized carbons (Fsp3) is 0.800. The summed E-state index contributed by atoms with van der Waals surface area (Å²) in [7, 11) is 1.57. The standard InChI is InChI=1S/C5H7Cl3N4O/c1-13-3-2-12-4(5(6,7)8)9-10-11-12/h2-3H2,1H3. The minimum absolute atomic E-state index is 0.189. The Morgan fingerprint density at radius 2 is 2.15 bits per heavy atom. The molecule has 0 aliphatic rings. The zero-order chi connectivity index (χ0) is 9.90. The third-order valence-corrected chi connectivity index (χ3v) is 1.80. The molecule has 1 rings (SSSR count). The van der Waals surface area contributed by atoms with Crippen molar-refractivity contribution < 1.29 is 4.74 Å². The molecular formula is C5H7Cl3N4O. The summed E-state index contributed by atoms with van der Waals surface area (Å²) in [5.74, 6) is 0.189. The minimum Gasteiger partial charge on any atom is -0.383 e. The van der Waals surface area contributed by atoms with E-state index in [-0.39, 0.29) is 5.82 Å². The molecule has 0 saturated heterocycles. The van der Waals surface area contributed by atoms with Crippen LogP contribution in [0.4, 0.5) is 0 Å². The largest absolute Gasteiger partial charge is 0.383 e. The maximum Gasteiger partial charge on any atom is 0.251 e. The first-order valence-electron chi connectivity index (χ1n) is 3.38. The van der Waals surface area contributed by atoms with Gasteiger partial charge in [-0.05, 0) is 10.4 Å². The van der Waals surface area contributed by atoms with Gasteiger partial charge in [0.1, 0.15) is 0 Å². The zero-order valence-corrected chi connectivity index (χ0v) is 9.01. The van der Waals surface area contributed by atoms with Gasteiger partial charge in [0.05, 0.1) is 13.2 Å². The van der Waals surface area contributed by atoms with Gasteiger partial charge in [-0.1, -0.05) is 34.8 Å². The summed E-state index contributed by atoms with van der Waals surface area (Å²) in [5.41, 5.74) is 0. The molecule has 0 aromatic carbocycles. The lowest BCUT2D eigenvalue weighted by atomic mass is 10.6. The first-order valence-corrected chi connectivity index (χ1v) is 4.51. The molecule has 0 amide bonds. The van der Waals surface area contributed by atoms with Gasteiger partial charge < -0.3 is 4.74 Å². The Kier molecular flexibility index (Phi) is 3.73. The van der Waals surface area contributed by atoms with E-state index in [0.29, 0.717) is 13.2 Å². The molecule has 0 bridgehead atoms. The monoisotopic (exact) mass is 244 g/mol. The van der Waals surface area contributed by atoms with E-state index in [9.17, 15) is 0 Å². The predicted molar refractivity (Wildman–Crippen MR) is 48.9 cm³/mol. The number of nitrogens with zero attached hydrogens (tertiary/aromatic N) is 4. The molecule has 0 unspecified atom stereocenters. The number of aromatic nitrogens is 4. The lowest BCUT2D eigenvalue weighted by Gasteiger charge is -2.09. The lowest BCUT2D eigenvalue weighted by Crippen LogP contribution is -2.15. The number of ether oxygens (including phenoxy) is 1. The smallest absolute Gasteiger partial charge is 0.251 e. The van der Waals surface area contributed by atoms with Gasteiger partial charge in [0.25, 0.3) is 3.79 Å². The van der Waals surface area contributed by atoms with Crippen LogP contribution < -0.4 is 0 Å². The van der Waals surface area contributed by atoms with Crippen LogP contribution in [0.15, 0.2) is 0 Å². The van der Waals surface area contributed by atoms with Gasteiger partial charge in [-0.25, -0.2) is 4.68 Å². The van der Waals surface area contributed by atoms with E-state index in [2.05, 4.69) is 15.5 Å². The van der Waals surface area contributed by atoms with E-state index in [4.69, 9.17) is 39.5 Å². The molecule has 0 radical (unpaired) electrons. The normalized spacial score (nSPS) is 12.0. The highest BCUT2D eigenvalue weighted by Crippen LogP contribution is 2.36. The molecule has 5 nitrogen and oxygen atoms in total. The number of alkyl halides is 3. The quantitative estimate of drug-likeness (QED) is 0.750. The highest BCUT2D eigenvalue weighted by atomic mass is 35.6. The van der Waals surface area contributed by atoms with E-state index in [1.54, 1.807) is 7.11 Å². The number of tetrazole rings is 1. The van der Waals surface area contributed by atoms with Crippen molar-refractivity contribution in [1.29, 1.82) is 0 Å². The van der Waals surface area contributed by atoms with Crippen molar-refractivity contribution in [2.24, 2.45) is 0 Å². The first-order chi connectivity index (χ1) is 6.05. The van der Waals surface area contributed by atoms with Crippen molar-refractivity contribution in [2.45, 2.75) is 10.3 Å².